The Morgan fingerprint density at radius 3 is 2.80 bits per heavy atom. The molecule has 0 atom stereocenters. The van der Waals surface area contributed by atoms with Crippen LogP contribution in [0.15, 0.2) is 12.1 Å². The van der Waals surface area contributed by atoms with Gasteiger partial charge in [0.05, 0.1) is 10.8 Å². The second-order valence-corrected chi connectivity index (χ2v) is 3.58. The van der Waals surface area contributed by atoms with Gasteiger partial charge in [-0.1, -0.05) is 11.6 Å². The number of hydrogen-bond donors (Lipinski definition) is 1. The fourth-order valence-corrected chi connectivity index (χ4v) is 1.67. The lowest BCUT2D eigenvalue weighted by molar-refractivity contribution is -0.136. The molecule has 54 valence electrons. The minimum absolute atomic E-state index is 0.0669. The third-order valence-corrected chi connectivity index (χ3v) is 2.19. The lowest BCUT2D eigenvalue weighted by Gasteiger charge is -1.85. The number of halogens is 1. The molecule has 0 saturated heterocycles. The van der Waals surface area contributed by atoms with Crippen molar-refractivity contribution in [2.45, 2.75) is 6.42 Å². The molecular weight excluding hydrogens is 172 g/mol. The molecule has 1 aromatic heterocycles. The van der Waals surface area contributed by atoms with E-state index in [-0.39, 0.29) is 6.42 Å². The van der Waals surface area contributed by atoms with E-state index in [4.69, 9.17) is 16.7 Å². The van der Waals surface area contributed by atoms with Crippen molar-refractivity contribution < 1.29 is 9.90 Å². The van der Waals surface area contributed by atoms with Gasteiger partial charge in [0.1, 0.15) is 0 Å². The molecule has 0 amide bonds. The highest BCUT2D eigenvalue weighted by atomic mass is 35.5. The van der Waals surface area contributed by atoms with E-state index in [0.29, 0.717) is 4.34 Å². The van der Waals surface area contributed by atoms with Gasteiger partial charge in [-0.2, -0.15) is 0 Å². The molecule has 4 heteroatoms. The summed E-state index contributed by atoms with van der Waals surface area (Å²) in [6, 6.07) is 3.42. The third-order valence-electron chi connectivity index (χ3n) is 0.954. The van der Waals surface area contributed by atoms with E-state index in [9.17, 15) is 4.79 Å². The molecule has 0 spiro atoms. The van der Waals surface area contributed by atoms with E-state index in [0.717, 1.165) is 4.88 Å². The summed E-state index contributed by atoms with van der Waals surface area (Å²) < 4.78 is 0.635. The van der Waals surface area contributed by atoms with Crippen LogP contribution in [0.25, 0.3) is 0 Å². The van der Waals surface area contributed by atoms with Crippen molar-refractivity contribution in [1.29, 1.82) is 0 Å². The maximum absolute atomic E-state index is 10.1. The van der Waals surface area contributed by atoms with E-state index in [1.165, 1.54) is 11.3 Å². The van der Waals surface area contributed by atoms with Crippen LogP contribution < -0.4 is 0 Å². The maximum Gasteiger partial charge on any atom is 0.308 e. The van der Waals surface area contributed by atoms with E-state index >= 15 is 0 Å². The summed E-state index contributed by atoms with van der Waals surface area (Å²) in [5.41, 5.74) is 0. The van der Waals surface area contributed by atoms with Crippen LogP contribution in [0.1, 0.15) is 4.88 Å². The average molecular weight is 177 g/mol. The minimum Gasteiger partial charge on any atom is -0.481 e. The Morgan fingerprint density at radius 1 is 1.70 bits per heavy atom. The van der Waals surface area contributed by atoms with Gasteiger partial charge in [0, 0.05) is 4.88 Å². The monoisotopic (exact) mass is 176 g/mol. The highest BCUT2D eigenvalue weighted by Gasteiger charge is 2.01. The smallest absolute Gasteiger partial charge is 0.308 e. The van der Waals surface area contributed by atoms with E-state index in [1.807, 2.05) is 0 Å². The summed E-state index contributed by atoms with van der Waals surface area (Å²) in [7, 11) is 0. The molecule has 0 fully saturated rings. The van der Waals surface area contributed by atoms with Crippen LogP contribution >= 0.6 is 22.9 Å². The molecule has 1 aromatic rings. The first-order valence-electron chi connectivity index (χ1n) is 2.64. The van der Waals surface area contributed by atoms with Gasteiger partial charge in [-0.05, 0) is 12.1 Å². The first-order chi connectivity index (χ1) is 4.68. The zero-order valence-electron chi connectivity index (χ0n) is 5.00. The number of aliphatic carboxylic acids is 1. The summed E-state index contributed by atoms with van der Waals surface area (Å²) in [6.07, 6.45) is 0.0669. The second-order valence-electron chi connectivity index (χ2n) is 1.78. The molecule has 2 nitrogen and oxygen atoms in total. The Bertz CT molecular complexity index is 244. The van der Waals surface area contributed by atoms with Gasteiger partial charge >= 0.3 is 5.97 Å². The van der Waals surface area contributed by atoms with Crippen molar-refractivity contribution in [2.75, 3.05) is 0 Å². The minimum atomic E-state index is -0.821. The van der Waals surface area contributed by atoms with Crippen molar-refractivity contribution in [3.63, 3.8) is 0 Å². The summed E-state index contributed by atoms with van der Waals surface area (Å²) >= 11 is 6.87. The molecule has 1 heterocycles. The van der Waals surface area contributed by atoms with Gasteiger partial charge in [-0.25, -0.2) is 0 Å². The van der Waals surface area contributed by atoms with Crippen LogP contribution in [0, 0.1) is 0 Å². The Morgan fingerprint density at radius 2 is 2.40 bits per heavy atom. The van der Waals surface area contributed by atoms with Crippen molar-refractivity contribution in [2.24, 2.45) is 0 Å². The predicted molar refractivity (Wildman–Crippen MR) is 40.7 cm³/mol. The van der Waals surface area contributed by atoms with E-state index < -0.39 is 5.97 Å². The fourth-order valence-electron chi connectivity index (χ4n) is 0.596. The number of rotatable bonds is 2. The van der Waals surface area contributed by atoms with Gasteiger partial charge in [0.15, 0.2) is 0 Å². The number of carboxylic acid groups (broad SMARTS) is 1. The highest BCUT2D eigenvalue weighted by Crippen LogP contribution is 2.21. The maximum atomic E-state index is 10.1. The number of thiophene rings is 1. The molecule has 0 aliphatic carbocycles. The zero-order chi connectivity index (χ0) is 7.56. The second kappa shape index (κ2) is 3.03. The fraction of sp³-hybridized carbons (Fsp3) is 0.167. The molecule has 1 rings (SSSR count). The van der Waals surface area contributed by atoms with Crippen LogP contribution in [0.4, 0.5) is 0 Å². The Labute approximate surface area is 67.1 Å². The molecule has 0 aliphatic heterocycles. The van der Waals surface area contributed by atoms with E-state index in [2.05, 4.69) is 0 Å². The van der Waals surface area contributed by atoms with Gasteiger partial charge in [-0.3, -0.25) is 4.79 Å². The number of carboxylic acids is 1. The third kappa shape index (κ3) is 2.01. The molecule has 10 heavy (non-hydrogen) atoms. The Balaban J connectivity index is 2.67. The summed E-state index contributed by atoms with van der Waals surface area (Å²) in [5, 5.41) is 8.34. The number of hydrogen-bond acceptors (Lipinski definition) is 2. The van der Waals surface area contributed by atoms with Gasteiger partial charge in [0.2, 0.25) is 0 Å². The van der Waals surface area contributed by atoms with Crippen LogP contribution in [-0.4, -0.2) is 11.1 Å². The van der Waals surface area contributed by atoms with Crippen LogP contribution in [-0.2, 0) is 11.2 Å². The predicted octanol–water partition coefficient (Wildman–Crippen LogP) is 2.03. The molecule has 0 radical (unpaired) electrons. The number of carbonyl (C=O) groups is 1. The summed E-state index contributed by atoms with van der Waals surface area (Å²) in [4.78, 5) is 10.9. The largest absolute Gasteiger partial charge is 0.481 e. The van der Waals surface area contributed by atoms with Crippen LogP contribution in [0.5, 0.6) is 0 Å². The molecular formula is C6H5ClO2S. The SMILES string of the molecule is O=C(O)Cc1ccc(Cl)s1. The van der Waals surface area contributed by atoms with Crippen molar-refractivity contribution in [3.05, 3.63) is 21.3 Å². The van der Waals surface area contributed by atoms with Crippen molar-refractivity contribution in [3.8, 4) is 0 Å². The first-order valence-corrected chi connectivity index (χ1v) is 3.84. The summed E-state index contributed by atoms with van der Waals surface area (Å²) in [5.74, 6) is -0.821. The molecule has 1 N–H and O–H groups in total. The Kier molecular flexibility index (Phi) is 2.29. The summed E-state index contributed by atoms with van der Waals surface area (Å²) in [6.45, 7) is 0. The molecule has 0 unspecified atom stereocenters. The normalized spacial score (nSPS) is 9.70. The quantitative estimate of drug-likeness (QED) is 0.749. The molecule has 0 aliphatic rings. The van der Waals surface area contributed by atoms with Gasteiger partial charge in [0.25, 0.3) is 0 Å². The highest BCUT2D eigenvalue weighted by molar-refractivity contribution is 7.16. The van der Waals surface area contributed by atoms with Crippen LogP contribution in [0.3, 0.4) is 0 Å². The Hall–Kier alpha value is -0.540. The molecule has 0 saturated carbocycles. The average Bonchev–Trinajstić information content (AvgIpc) is 2.13. The standard InChI is InChI=1S/C6H5ClO2S/c7-5-2-1-4(10-5)3-6(8)9/h1-2H,3H2,(H,8,9). The van der Waals surface area contributed by atoms with Gasteiger partial charge < -0.3 is 5.11 Å². The first kappa shape index (κ1) is 7.57. The topological polar surface area (TPSA) is 37.3 Å². The lowest BCUT2D eigenvalue weighted by Crippen LogP contribution is -1.96. The lowest BCUT2D eigenvalue weighted by atomic mass is 10.3. The van der Waals surface area contributed by atoms with Gasteiger partial charge in [-0.15, -0.1) is 11.3 Å². The van der Waals surface area contributed by atoms with Crippen LogP contribution in [0.2, 0.25) is 4.34 Å². The van der Waals surface area contributed by atoms with E-state index in [1.54, 1.807) is 12.1 Å². The molecule has 0 bridgehead atoms. The van der Waals surface area contributed by atoms with Crippen molar-refractivity contribution in [1.82, 2.24) is 0 Å². The van der Waals surface area contributed by atoms with Crippen molar-refractivity contribution >= 4 is 28.9 Å². The molecule has 0 aromatic carbocycles. The zero-order valence-corrected chi connectivity index (χ0v) is 6.58.